The van der Waals surface area contributed by atoms with Crippen molar-refractivity contribution in [2.75, 3.05) is 29.0 Å². The van der Waals surface area contributed by atoms with E-state index < -0.39 is 0 Å². The van der Waals surface area contributed by atoms with Gasteiger partial charge in [0.25, 0.3) is 0 Å². The van der Waals surface area contributed by atoms with Crippen LogP contribution >= 0.6 is 0 Å². The Labute approximate surface area is 143 Å². The molecule has 4 heteroatoms. The highest BCUT2D eigenvalue weighted by Gasteiger charge is 2.25. The molecule has 1 fully saturated rings. The van der Waals surface area contributed by atoms with Crippen molar-refractivity contribution in [3.8, 4) is 0 Å². The summed E-state index contributed by atoms with van der Waals surface area (Å²) >= 11 is 0. The monoisotopic (exact) mass is 327 g/mol. The second kappa shape index (κ2) is 6.34. The van der Waals surface area contributed by atoms with E-state index in [0.717, 1.165) is 24.5 Å². The van der Waals surface area contributed by atoms with Crippen molar-refractivity contribution in [1.29, 1.82) is 0 Å². The van der Waals surface area contributed by atoms with Gasteiger partial charge in [-0.1, -0.05) is 13.8 Å². The molecule has 1 heterocycles. The van der Waals surface area contributed by atoms with E-state index in [0.29, 0.717) is 16.7 Å². The van der Waals surface area contributed by atoms with Crippen molar-refractivity contribution in [3.05, 3.63) is 47.8 Å². The van der Waals surface area contributed by atoms with Crippen LogP contribution in [0.4, 0.5) is 27.1 Å². The van der Waals surface area contributed by atoms with Gasteiger partial charge in [0.2, 0.25) is 0 Å². The zero-order valence-electron chi connectivity index (χ0n) is 14.7. The van der Waals surface area contributed by atoms with E-state index >= 15 is 0 Å². The van der Waals surface area contributed by atoms with Crippen LogP contribution in [0.5, 0.6) is 0 Å². The standard InChI is InChI=1S/C20H26FN3/c1-14-12-19(18(22)13-17(14)21)23-15-4-6-16(7-5-15)24-10-8-20(2,3)9-11-24/h4-7,12-13,23H,8-11,22H2,1-3H3. The van der Waals surface area contributed by atoms with Gasteiger partial charge in [0.05, 0.1) is 11.4 Å². The maximum Gasteiger partial charge on any atom is 0.128 e. The topological polar surface area (TPSA) is 41.3 Å². The Bertz CT molecular complexity index is 712. The second-order valence-corrected chi connectivity index (χ2v) is 7.51. The number of rotatable bonds is 3. The normalized spacial score (nSPS) is 16.9. The third-order valence-corrected chi connectivity index (χ3v) is 4.96. The third-order valence-electron chi connectivity index (χ3n) is 4.96. The Kier molecular flexibility index (Phi) is 4.39. The molecule has 1 aliphatic heterocycles. The fourth-order valence-corrected chi connectivity index (χ4v) is 3.09. The molecule has 3 nitrogen and oxygen atoms in total. The van der Waals surface area contributed by atoms with Gasteiger partial charge in [-0.15, -0.1) is 0 Å². The number of hydrogen-bond acceptors (Lipinski definition) is 3. The number of piperidine rings is 1. The molecule has 0 aliphatic carbocycles. The minimum Gasteiger partial charge on any atom is -0.397 e. The van der Waals surface area contributed by atoms with Gasteiger partial charge in [0, 0.05) is 24.5 Å². The Hall–Kier alpha value is -2.23. The molecule has 3 rings (SSSR count). The van der Waals surface area contributed by atoms with Gasteiger partial charge in [-0.3, -0.25) is 0 Å². The van der Waals surface area contributed by atoms with E-state index in [4.69, 9.17) is 5.73 Å². The molecule has 0 radical (unpaired) electrons. The van der Waals surface area contributed by atoms with E-state index in [1.54, 1.807) is 13.0 Å². The molecule has 2 aromatic rings. The summed E-state index contributed by atoms with van der Waals surface area (Å²) in [6.07, 6.45) is 2.44. The second-order valence-electron chi connectivity index (χ2n) is 7.51. The summed E-state index contributed by atoms with van der Waals surface area (Å²) in [5, 5.41) is 3.27. The first kappa shape index (κ1) is 16.6. The molecule has 0 amide bonds. The molecule has 1 aliphatic rings. The fourth-order valence-electron chi connectivity index (χ4n) is 3.09. The largest absolute Gasteiger partial charge is 0.397 e. The molecule has 2 aromatic carbocycles. The number of halogens is 1. The lowest BCUT2D eigenvalue weighted by Crippen LogP contribution is -2.37. The zero-order valence-corrected chi connectivity index (χ0v) is 14.7. The summed E-state index contributed by atoms with van der Waals surface area (Å²) in [5.74, 6) is -0.276. The smallest absolute Gasteiger partial charge is 0.128 e. The number of nitrogens with one attached hydrogen (secondary N) is 1. The fraction of sp³-hybridized carbons (Fsp3) is 0.400. The van der Waals surface area contributed by atoms with Gasteiger partial charge in [0.15, 0.2) is 0 Å². The summed E-state index contributed by atoms with van der Waals surface area (Å²) < 4.78 is 13.5. The molecule has 0 aromatic heterocycles. The third kappa shape index (κ3) is 3.64. The molecule has 128 valence electrons. The van der Waals surface area contributed by atoms with E-state index in [1.165, 1.54) is 24.6 Å². The number of benzene rings is 2. The van der Waals surface area contributed by atoms with Gasteiger partial charge in [-0.2, -0.15) is 0 Å². The maximum atomic E-state index is 13.5. The number of nitrogens with zero attached hydrogens (tertiary/aromatic N) is 1. The molecule has 0 spiro atoms. The predicted octanol–water partition coefficient (Wildman–Crippen LogP) is 5.09. The van der Waals surface area contributed by atoms with Gasteiger partial charge in [-0.25, -0.2) is 4.39 Å². The van der Waals surface area contributed by atoms with Crippen molar-refractivity contribution < 1.29 is 4.39 Å². The number of anilines is 4. The van der Waals surface area contributed by atoms with Crippen LogP contribution < -0.4 is 16.0 Å². The van der Waals surface area contributed by atoms with Crippen molar-refractivity contribution in [2.45, 2.75) is 33.6 Å². The Balaban J connectivity index is 1.70. The molecule has 1 saturated heterocycles. The molecule has 3 N–H and O–H groups in total. The highest BCUT2D eigenvalue weighted by molar-refractivity contribution is 5.74. The van der Waals surface area contributed by atoms with Crippen molar-refractivity contribution in [2.24, 2.45) is 5.41 Å². The molecule has 0 saturated carbocycles. The van der Waals surface area contributed by atoms with Crippen molar-refractivity contribution in [3.63, 3.8) is 0 Å². The quantitative estimate of drug-likeness (QED) is 0.772. The van der Waals surface area contributed by atoms with Crippen LogP contribution in [-0.4, -0.2) is 13.1 Å². The van der Waals surface area contributed by atoms with E-state index in [2.05, 4.69) is 36.2 Å². The molecule has 0 unspecified atom stereocenters. The highest BCUT2D eigenvalue weighted by Crippen LogP contribution is 2.33. The number of hydrogen-bond donors (Lipinski definition) is 2. The van der Waals surface area contributed by atoms with Crippen LogP contribution in [0.1, 0.15) is 32.3 Å². The average Bonchev–Trinajstić information content (AvgIpc) is 2.53. The van der Waals surface area contributed by atoms with E-state index in [1.807, 2.05) is 12.1 Å². The van der Waals surface area contributed by atoms with Crippen molar-refractivity contribution >= 4 is 22.7 Å². The van der Waals surface area contributed by atoms with Crippen LogP contribution in [0.3, 0.4) is 0 Å². The number of aryl methyl sites for hydroxylation is 1. The Morgan fingerprint density at radius 1 is 1.08 bits per heavy atom. The zero-order chi connectivity index (χ0) is 17.3. The van der Waals surface area contributed by atoms with Crippen LogP contribution in [0, 0.1) is 18.2 Å². The maximum absolute atomic E-state index is 13.5. The van der Waals surface area contributed by atoms with Gasteiger partial charge in [0.1, 0.15) is 5.82 Å². The van der Waals surface area contributed by atoms with Crippen LogP contribution in [0.15, 0.2) is 36.4 Å². The van der Waals surface area contributed by atoms with Crippen LogP contribution in [-0.2, 0) is 0 Å². The molecule has 24 heavy (non-hydrogen) atoms. The average molecular weight is 327 g/mol. The first-order chi connectivity index (χ1) is 11.3. The summed E-state index contributed by atoms with van der Waals surface area (Å²) in [4.78, 5) is 2.44. The van der Waals surface area contributed by atoms with Crippen LogP contribution in [0.25, 0.3) is 0 Å². The minimum atomic E-state index is -0.276. The van der Waals surface area contributed by atoms with Gasteiger partial charge < -0.3 is 16.0 Å². The summed E-state index contributed by atoms with van der Waals surface area (Å²) in [5.41, 5.74) is 10.3. The number of nitrogen functional groups attached to an aromatic ring is 1. The van der Waals surface area contributed by atoms with E-state index in [-0.39, 0.29) is 5.82 Å². The Morgan fingerprint density at radius 3 is 2.33 bits per heavy atom. The first-order valence-electron chi connectivity index (χ1n) is 8.52. The number of nitrogens with two attached hydrogens (primary N) is 1. The predicted molar refractivity (Wildman–Crippen MR) is 101 cm³/mol. The summed E-state index contributed by atoms with van der Waals surface area (Å²) in [7, 11) is 0. The molecular weight excluding hydrogens is 301 g/mol. The van der Waals surface area contributed by atoms with Crippen molar-refractivity contribution in [1.82, 2.24) is 0 Å². The molecular formula is C20H26FN3. The Morgan fingerprint density at radius 2 is 1.71 bits per heavy atom. The lowest BCUT2D eigenvalue weighted by atomic mass is 9.82. The lowest BCUT2D eigenvalue weighted by Gasteiger charge is -2.38. The SMILES string of the molecule is Cc1cc(Nc2ccc(N3CCC(C)(C)CC3)cc2)c(N)cc1F. The first-order valence-corrected chi connectivity index (χ1v) is 8.52. The summed E-state index contributed by atoms with van der Waals surface area (Å²) in [6.45, 7) is 8.62. The van der Waals surface area contributed by atoms with Crippen LogP contribution in [0.2, 0.25) is 0 Å². The van der Waals surface area contributed by atoms with E-state index in [9.17, 15) is 4.39 Å². The molecule has 0 bridgehead atoms. The highest BCUT2D eigenvalue weighted by atomic mass is 19.1. The summed E-state index contributed by atoms with van der Waals surface area (Å²) in [6, 6.07) is 11.5. The lowest BCUT2D eigenvalue weighted by molar-refractivity contribution is 0.280. The van der Waals surface area contributed by atoms with Gasteiger partial charge in [-0.05, 0) is 67.1 Å². The minimum absolute atomic E-state index is 0.276. The van der Waals surface area contributed by atoms with Gasteiger partial charge >= 0.3 is 0 Å². The molecule has 0 atom stereocenters.